The summed E-state index contributed by atoms with van der Waals surface area (Å²) in [6, 6.07) is 3.60. The van der Waals surface area contributed by atoms with Crippen molar-refractivity contribution >= 4 is 38.6 Å². The molecule has 1 unspecified atom stereocenters. The zero-order valence-corrected chi connectivity index (χ0v) is 30.6. The number of aryl methyl sites for hydroxylation is 1. The number of sulfonamides is 1. The molecule has 4 atom stereocenters. The Morgan fingerprint density at radius 2 is 1.82 bits per heavy atom. The average molecular weight is 809 g/mol. The van der Waals surface area contributed by atoms with Gasteiger partial charge < -0.3 is 15.3 Å². The maximum atomic E-state index is 15.4. The number of hydrogen-bond acceptors (Lipinski definition) is 9. The number of anilines is 2. The van der Waals surface area contributed by atoms with Crippen LogP contribution in [0.3, 0.4) is 0 Å². The lowest BCUT2D eigenvalue weighted by atomic mass is 9.94. The third kappa shape index (κ3) is 6.73. The molecule has 2 aliphatic carbocycles. The fourth-order valence-electron chi connectivity index (χ4n) is 8.05. The van der Waals surface area contributed by atoms with Crippen molar-refractivity contribution < 1.29 is 53.7 Å². The summed E-state index contributed by atoms with van der Waals surface area (Å²) < 4.78 is 130. The molecule has 4 heterocycles. The van der Waals surface area contributed by atoms with E-state index < -0.39 is 87.0 Å². The van der Waals surface area contributed by atoms with Gasteiger partial charge in [0, 0.05) is 47.3 Å². The predicted octanol–water partition coefficient (Wildman–Crippen LogP) is 4.60. The SMILES string of the molecule is Cn1nc(NS(C)(=O)=O)c2cccc(-c3cnc(N4CC(C)(O)C4)nc3[C@H](Cc3cc(F)cc(F)c3)NC(=O)C[N+]3=NC(C(F)(F)F)C4=C3C(F)(F)[C@@H]3C[C@H]43)c21. The summed E-state index contributed by atoms with van der Waals surface area (Å²) in [7, 11) is -2.23. The van der Waals surface area contributed by atoms with Crippen molar-refractivity contribution in [1.29, 1.82) is 0 Å². The van der Waals surface area contributed by atoms with E-state index in [1.54, 1.807) is 37.1 Å². The molecular formula is C35H33F7N9O4S+. The second kappa shape index (κ2) is 12.7. The number of alkyl halides is 5. The van der Waals surface area contributed by atoms with Gasteiger partial charge in [-0.1, -0.05) is 16.8 Å². The molecule has 0 spiro atoms. The minimum absolute atomic E-state index is 0.00427. The highest BCUT2D eigenvalue weighted by Gasteiger charge is 2.75. The average Bonchev–Trinajstić information content (AvgIpc) is 3.61. The molecule has 1 amide bonds. The molecule has 2 aliphatic heterocycles. The van der Waals surface area contributed by atoms with Crippen molar-refractivity contribution in [1.82, 2.24) is 25.1 Å². The maximum absolute atomic E-state index is 15.4. The van der Waals surface area contributed by atoms with Crippen LogP contribution in [0, 0.1) is 23.5 Å². The number of carbonyl (C=O) groups excluding carboxylic acids is 1. The Balaban J connectivity index is 1.24. The fourth-order valence-corrected chi connectivity index (χ4v) is 8.55. The zero-order chi connectivity index (χ0) is 40.3. The molecule has 2 aromatic heterocycles. The van der Waals surface area contributed by atoms with Crippen LogP contribution in [0.1, 0.15) is 30.6 Å². The van der Waals surface area contributed by atoms with Gasteiger partial charge in [0.2, 0.25) is 22.0 Å². The predicted molar refractivity (Wildman–Crippen MR) is 185 cm³/mol. The van der Waals surface area contributed by atoms with Gasteiger partial charge in [0.05, 0.1) is 42.2 Å². The van der Waals surface area contributed by atoms with Crippen molar-refractivity contribution in [3.8, 4) is 11.1 Å². The first-order valence-electron chi connectivity index (χ1n) is 17.3. The van der Waals surface area contributed by atoms with Crippen LogP contribution < -0.4 is 14.9 Å². The first-order chi connectivity index (χ1) is 26.1. The van der Waals surface area contributed by atoms with Gasteiger partial charge in [-0.3, -0.25) is 14.2 Å². The Hall–Kier alpha value is -5.18. The van der Waals surface area contributed by atoms with E-state index in [9.17, 15) is 40.3 Å². The summed E-state index contributed by atoms with van der Waals surface area (Å²) >= 11 is 0. The number of aromatic nitrogens is 4. The molecule has 4 aliphatic rings. The molecule has 56 heavy (non-hydrogen) atoms. The van der Waals surface area contributed by atoms with E-state index in [0.717, 1.165) is 18.4 Å². The van der Waals surface area contributed by atoms with E-state index >= 15 is 8.78 Å². The van der Waals surface area contributed by atoms with Crippen molar-refractivity contribution in [3.63, 3.8) is 0 Å². The molecule has 0 bridgehead atoms. The number of azo groups is 2. The molecule has 0 radical (unpaired) electrons. The van der Waals surface area contributed by atoms with E-state index in [1.807, 2.05) is 0 Å². The van der Waals surface area contributed by atoms with Crippen molar-refractivity contribution in [2.24, 2.45) is 24.0 Å². The molecule has 3 N–H and O–H groups in total. The summed E-state index contributed by atoms with van der Waals surface area (Å²) in [4.78, 5) is 24.8. The topological polar surface area (TPSA) is 158 Å². The zero-order valence-electron chi connectivity index (χ0n) is 29.7. The van der Waals surface area contributed by atoms with E-state index in [-0.39, 0.29) is 54.5 Å². The lowest BCUT2D eigenvalue weighted by Gasteiger charge is -2.44. The summed E-state index contributed by atoms with van der Waals surface area (Å²) in [5.74, 6) is -8.85. The van der Waals surface area contributed by atoms with Crippen LogP contribution in [0.15, 0.2) is 59.0 Å². The molecule has 8 rings (SSSR count). The van der Waals surface area contributed by atoms with Gasteiger partial charge in [-0.15, -0.1) is 0 Å². The lowest BCUT2D eigenvalue weighted by molar-refractivity contribution is -0.549. The number of benzene rings is 2. The van der Waals surface area contributed by atoms with Gasteiger partial charge in [-0.2, -0.15) is 27.1 Å². The number of fused-ring (bicyclic) bond motifs is 3. The number of carbonyl (C=O) groups is 1. The van der Waals surface area contributed by atoms with Crippen LogP contribution in [-0.4, -0.2) is 93.5 Å². The third-order valence-electron chi connectivity index (χ3n) is 10.3. The second-order valence-electron chi connectivity index (χ2n) is 15.0. The third-order valence-corrected chi connectivity index (χ3v) is 10.8. The van der Waals surface area contributed by atoms with Gasteiger partial charge in [0.15, 0.2) is 5.82 Å². The largest absolute Gasteiger partial charge is 0.420 e. The number of nitrogens with zero attached hydrogens (tertiary/aromatic N) is 7. The maximum Gasteiger partial charge on any atom is 0.420 e. The number of allylic oxidation sites excluding steroid dienone is 1. The first kappa shape index (κ1) is 37.7. The molecular weight excluding hydrogens is 775 g/mol. The molecule has 13 nitrogen and oxygen atoms in total. The fraction of sp³-hybridized carbons (Fsp3) is 0.429. The van der Waals surface area contributed by atoms with Gasteiger partial charge >= 0.3 is 12.1 Å². The van der Waals surface area contributed by atoms with Gasteiger partial charge in [-0.05, 0) is 54.6 Å². The van der Waals surface area contributed by atoms with Crippen molar-refractivity contribution in [3.05, 3.63) is 76.8 Å². The number of halogens is 7. The highest BCUT2D eigenvalue weighted by atomic mass is 32.2. The number of para-hydroxylation sites is 1. The van der Waals surface area contributed by atoms with Crippen molar-refractivity contribution in [2.75, 3.05) is 35.5 Å². The lowest BCUT2D eigenvalue weighted by Crippen LogP contribution is -2.60. The van der Waals surface area contributed by atoms with E-state index in [2.05, 4.69) is 25.2 Å². The van der Waals surface area contributed by atoms with Gasteiger partial charge in [-0.25, -0.2) is 27.2 Å². The number of nitrogens with one attached hydrogen (secondary N) is 2. The monoisotopic (exact) mass is 808 g/mol. The van der Waals surface area contributed by atoms with E-state index in [4.69, 9.17) is 4.98 Å². The van der Waals surface area contributed by atoms with E-state index in [1.165, 1.54) is 10.9 Å². The van der Waals surface area contributed by atoms with Crippen molar-refractivity contribution in [2.45, 2.75) is 49.5 Å². The van der Waals surface area contributed by atoms with Gasteiger partial charge in [0.1, 0.15) is 11.6 Å². The van der Waals surface area contributed by atoms with Crippen LogP contribution in [0.5, 0.6) is 0 Å². The van der Waals surface area contributed by atoms with Crippen LogP contribution in [0.25, 0.3) is 22.0 Å². The Bertz CT molecular complexity index is 2480. The second-order valence-corrected chi connectivity index (χ2v) is 16.7. The summed E-state index contributed by atoms with van der Waals surface area (Å²) in [5, 5.41) is 21.3. The molecule has 4 aromatic rings. The molecule has 1 saturated carbocycles. The number of amides is 1. The number of hydrogen-bond donors (Lipinski definition) is 3. The Kier molecular flexibility index (Phi) is 8.53. The summed E-state index contributed by atoms with van der Waals surface area (Å²) in [6.45, 7) is 0.769. The van der Waals surface area contributed by atoms with Crippen LogP contribution in [0.2, 0.25) is 0 Å². The highest BCUT2D eigenvalue weighted by molar-refractivity contribution is 7.92. The number of rotatable bonds is 10. The summed E-state index contributed by atoms with van der Waals surface area (Å²) in [5.41, 5.74) is -1.56. The van der Waals surface area contributed by atoms with Crippen LogP contribution in [0.4, 0.5) is 42.5 Å². The standard InChI is InChI=1S/C35H32F7N9O4S/c1-33(53)14-50(15-33)32-43-12-22(19-5-4-6-20-28(19)49(2)47-31(20)48-56(3,54)55)27(45-32)24(9-16-7-17(36)10-18(37)8-16)44-25(52)13-51-30-26(29(46-51)35(40,41)42)21-11-23(21)34(30,38)39/h4-8,10,12,21,23-24,29,53H,9,11,13-15H2,1-3H3,(H-,44,47,48,52)/p+1/t21-,23+,24-,29?/m0/s1. The van der Waals surface area contributed by atoms with Crippen LogP contribution >= 0.6 is 0 Å². The Morgan fingerprint density at radius 3 is 2.46 bits per heavy atom. The molecule has 21 heteroatoms. The van der Waals surface area contributed by atoms with Crippen LogP contribution in [-0.2, 0) is 28.3 Å². The molecule has 296 valence electrons. The first-order valence-corrected chi connectivity index (χ1v) is 19.2. The normalized spacial score (nSPS) is 22.7. The Labute approximate surface area is 314 Å². The molecule has 1 saturated heterocycles. The summed E-state index contributed by atoms with van der Waals surface area (Å²) in [6.07, 6.45) is -3.13. The minimum Gasteiger partial charge on any atom is -0.386 e. The Morgan fingerprint density at radius 1 is 1.12 bits per heavy atom. The number of aliphatic hydroxyl groups is 1. The quantitative estimate of drug-likeness (QED) is 0.155. The molecule has 2 fully saturated rings. The smallest absolute Gasteiger partial charge is 0.386 e. The highest BCUT2D eigenvalue weighted by Crippen LogP contribution is 2.66. The minimum atomic E-state index is -4.99. The number of β-amino-alcohol motifs (C(OH)–C–C–N with tert-alkyl or cyclic N) is 1. The van der Waals surface area contributed by atoms with Gasteiger partial charge in [0.25, 0.3) is 18.1 Å². The molecule has 2 aromatic carbocycles. The van der Waals surface area contributed by atoms with E-state index in [0.29, 0.717) is 27.2 Å².